The molecule has 5 nitrogen and oxygen atoms in total. The molecule has 14 heavy (non-hydrogen) atoms. The Morgan fingerprint density at radius 2 is 2.14 bits per heavy atom. The van der Waals surface area contributed by atoms with Crippen LogP contribution in [-0.2, 0) is 9.84 Å². The zero-order valence-corrected chi connectivity index (χ0v) is 9.97. The first-order chi connectivity index (χ1) is 6.47. The van der Waals surface area contributed by atoms with Crippen LogP contribution in [0.15, 0.2) is 17.0 Å². The second kappa shape index (κ2) is 4.70. The highest BCUT2D eigenvalue weighted by molar-refractivity contribution is 9.10. The molecule has 78 valence electrons. The van der Waals surface area contributed by atoms with Crippen LogP contribution >= 0.6 is 15.9 Å². The summed E-state index contributed by atoms with van der Waals surface area (Å²) < 4.78 is 22.2. The van der Waals surface area contributed by atoms with Crippen LogP contribution in [0.3, 0.4) is 0 Å². The summed E-state index contributed by atoms with van der Waals surface area (Å²) in [6, 6.07) is 0. The van der Waals surface area contributed by atoms with Gasteiger partial charge < -0.3 is 5.32 Å². The molecule has 1 aromatic rings. The van der Waals surface area contributed by atoms with Crippen LogP contribution in [0.5, 0.6) is 0 Å². The molecule has 0 bridgehead atoms. The van der Waals surface area contributed by atoms with Crippen molar-refractivity contribution in [3.8, 4) is 0 Å². The normalized spacial score (nSPS) is 11.3. The van der Waals surface area contributed by atoms with E-state index in [0.29, 0.717) is 17.0 Å². The van der Waals surface area contributed by atoms with Gasteiger partial charge in [0.2, 0.25) is 0 Å². The molecule has 0 atom stereocenters. The molecule has 7 heteroatoms. The van der Waals surface area contributed by atoms with Gasteiger partial charge in [0.1, 0.15) is 20.3 Å². The number of aromatic nitrogens is 2. The van der Waals surface area contributed by atoms with Crippen molar-refractivity contribution in [2.45, 2.75) is 0 Å². The first-order valence-electron chi connectivity index (χ1n) is 3.86. The standard InChI is InChI=1S/C7H10BrN3O2S/c1-14(12,13)3-2-9-7-5-10-6(8)4-11-7/h4-5H,2-3H2,1H3,(H,9,11). The Bertz CT molecular complexity index is 390. The number of sulfone groups is 1. The van der Waals surface area contributed by atoms with Crippen molar-refractivity contribution in [3.63, 3.8) is 0 Å². The number of hydrogen-bond donors (Lipinski definition) is 1. The van der Waals surface area contributed by atoms with Gasteiger partial charge in [-0.15, -0.1) is 0 Å². The van der Waals surface area contributed by atoms with E-state index in [1.54, 1.807) is 6.20 Å². The van der Waals surface area contributed by atoms with E-state index in [2.05, 4.69) is 31.2 Å². The van der Waals surface area contributed by atoms with Crippen molar-refractivity contribution in [1.82, 2.24) is 9.97 Å². The van der Waals surface area contributed by atoms with E-state index in [9.17, 15) is 8.42 Å². The van der Waals surface area contributed by atoms with E-state index in [1.807, 2.05) is 0 Å². The Kier molecular flexibility index (Phi) is 3.82. The highest BCUT2D eigenvalue weighted by Gasteiger charge is 2.01. The predicted octanol–water partition coefficient (Wildman–Crippen LogP) is 0.696. The van der Waals surface area contributed by atoms with Gasteiger partial charge in [-0.3, -0.25) is 0 Å². The molecular weight excluding hydrogens is 270 g/mol. The monoisotopic (exact) mass is 279 g/mol. The van der Waals surface area contributed by atoms with Crippen LogP contribution in [0.25, 0.3) is 0 Å². The fourth-order valence-electron chi connectivity index (χ4n) is 0.768. The molecule has 1 heterocycles. The Morgan fingerprint density at radius 3 is 2.64 bits per heavy atom. The lowest BCUT2D eigenvalue weighted by molar-refractivity contribution is 0.602. The van der Waals surface area contributed by atoms with Crippen molar-refractivity contribution >= 4 is 31.6 Å². The van der Waals surface area contributed by atoms with Crippen LogP contribution < -0.4 is 5.32 Å². The third kappa shape index (κ3) is 4.52. The van der Waals surface area contributed by atoms with E-state index in [0.717, 1.165) is 0 Å². The molecule has 0 aliphatic rings. The third-order valence-electron chi connectivity index (χ3n) is 1.40. The second-order valence-electron chi connectivity index (χ2n) is 2.78. The number of nitrogens with zero attached hydrogens (tertiary/aromatic N) is 2. The average Bonchev–Trinajstić information content (AvgIpc) is 2.06. The number of halogens is 1. The number of nitrogens with one attached hydrogen (secondary N) is 1. The topological polar surface area (TPSA) is 72.0 Å². The summed E-state index contributed by atoms with van der Waals surface area (Å²) in [5.74, 6) is 0.655. The van der Waals surface area contributed by atoms with Gasteiger partial charge >= 0.3 is 0 Å². The van der Waals surface area contributed by atoms with E-state index < -0.39 is 9.84 Å². The van der Waals surface area contributed by atoms with E-state index in [4.69, 9.17) is 0 Å². The lowest BCUT2D eigenvalue weighted by atomic mass is 10.6. The fraction of sp³-hybridized carbons (Fsp3) is 0.429. The largest absolute Gasteiger partial charge is 0.368 e. The fourth-order valence-corrected chi connectivity index (χ4v) is 1.45. The molecule has 0 aliphatic heterocycles. The molecule has 0 fully saturated rings. The third-order valence-corrected chi connectivity index (χ3v) is 2.75. The maximum atomic E-state index is 10.8. The molecule has 0 unspecified atom stereocenters. The summed E-state index contributed by atoms with van der Waals surface area (Å²) in [5, 5.41) is 2.85. The zero-order chi connectivity index (χ0) is 10.6. The number of anilines is 1. The van der Waals surface area contributed by atoms with Crippen molar-refractivity contribution in [2.24, 2.45) is 0 Å². The van der Waals surface area contributed by atoms with Crippen LogP contribution in [0.1, 0.15) is 0 Å². The molecule has 0 radical (unpaired) electrons. The molecular formula is C7H10BrN3O2S. The van der Waals surface area contributed by atoms with E-state index in [1.165, 1.54) is 12.5 Å². The quantitative estimate of drug-likeness (QED) is 0.878. The summed E-state index contributed by atoms with van der Waals surface area (Å²) in [6.07, 6.45) is 4.27. The first-order valence-corrected chi connectivity index (χ1v) is 6.72. The summed E-state index contributed by atoms with van der Waals surface area (Å²) in [6.45, 7) is 0.342. The highest BCUT2D eigenvalue weighted by atomic mass is 79.9. The Labute approximate surface area is 91.0 Å². The van der Waals surface area contributed by atoms with Gasteiger partial charge in [-0.2, -0.15) is 0 Å². The average molecular weight is 280 g/mol. The van der Waals surface area contributed by atoms with Gasteiger partial charge in [0.15, 0.2) is 0 Å². The first kappa shape index (κ1) is 11.4. The van der Waals surface area contributed by atoms with Crippen molar-refractivity contribution < 1.29 is 8.42 Å². The number of hydrogen-bond acceptors (Lipinski definition) is 5. The Hall–Kier alpha value is -0.690. The Balaban J connectivity index is 2.43. The van der Waals surface area contributed by atoms with Crippen molar-refractivity contribution in [2.75, 3.05) is 23.9 Å². The van der Waals surface area contributed by atoms with E-state index in [-0.39, 0.29) is 5.75 Å². The second-order valence-corrected chi connectivity index (χ2v) is 5.85. The summed E-state index contributed by atoms with van der Waals surface area (Å²) in [7, 11) is -2.92. The van der Waals surface area contributed by atoms with Crippen molar-refractivity contribution in [3.05, 3.63) is 17.0 Å². The molecule has 1 N–H and O–H groups in total. The van der Waals surface area contributed by atoms with Gasteiger partial charge in [0, 0.05) is 12.8 Å². The maximum Gasteiger partial charge on any atom is 0.149 e. The summed E-state index contributed by atoms with van der Waals surface area (Å²) in [5.41, 5.74) is 0. The van der Waals surface area contributed by atoms with Gasteiger partial charge in [0.05, 0.1) is 18.1 Å². The Morgan fingerprint density at radius 1 is 1.43 bits per heavy atom. The minimum absolute atomic E-state index is 0.0880. The van der Waals surface area contributed by atoms with Crippen LogP contribution in [0.4, 0.5) is 5.82 Å². The van der Waals surface area contributed by atoms with Gasteiger partial charge in [0.25, 0.3) is 0 Å². The predicted molar refractivity (Wildman–Crippen MR) is 57.9 cm³/mol. The number of rotatable bonds is 4. The minimum Gasteiger partial charge on any atom is -0.368 e. The molecule has 0 saturated heterocycles. The highest BCUT2D eigenvalue weighted by Crippen LogP contribution is 2.05. The molecule has 0 amide bonds. The van der Waals surface area contributed by atoms with Crippen molar-refractivity contribution in [1.29, 1.82) is 0 Å². The molecule has 0 aliphatic carbocycles. The minimum atomic E-state index is -2.92. The lowest BCUT2D eigenvalue weighted by Crippen LogP contribution is -2.14. The zero-order valence-electron chi connectivity index (χ0n) is 7.57. The molecule has 0 aromatic carbocycles. The van der Waals surface area contributed by atoms with Crippen LogP contribution in [0.2, 0.25) is 0 Å². The molecule has 0 spiro atoms. The van der Waals surface area contributed by atoms with Crippen LogP contribution in [-0.4, -0.2) is 36.9 Å². The summed E-state index contributed by atoms with van der Waals surface area (Å²) >= 11 is 3.15. The molecule has 0 saturated carbocycles. The molecule has 1 rings (SSSR count). The van der Waals surface area contributed by atoms with E-state index >= 15 is 0 Å². The van der Waals surface area contributed by atoms with Gasteiger partial charge in [-0.1, -0.05) is 0 Å². The van der Waals surface area contributed by atoms with Gasteiger partial charge in [-0.25, -0.2) is 18.4 Å². The van der Waals surface area contributed by atoms with Crippen LogP contribution in [0, 0.1) is 0 Å². The smallest absolute Gasteiger partial charge is 0.149 e. The van der Waals surface area contributed by atoms with Gasteiger partial charge in [-0.05, 0) is 15.9 Å². The summed E-state index contributed by atoms with van der Waals surface area (Å²) in [4.78, 5) is 7.92. The molecule has 1 aromatic heterocycles. The maximum absolute atomic E-state index is 10.8. The SMILES string of the molecule is CS(=O)(=O)CCNc1cnc(Br)cn1. The lowest BCUT2D eigenvalue weighted by Gasteiger charge is -2.03.